The second kappa shape index (κ2) is 6.52. The summed E-state index contributed by atoms with van der Waals surface area (Å²) in [6.07, 6.45) is 2.21. The molecule has 5 nitrogen and oxygen atoms in total. The molecule has 112 valence electrons. The van der Waals surface area contributed by atoms with Crippen LogP contribution in [0.5, 0.6) is 0 Å². The standard InChI is InChI=1S/C14H24N4OS/c1-5-6-15-14-17-16-12(20-14)13(19)18-8-9(2)7-10(3)11(18)4/h9-11H,5-8H2,1-4H3,(H,15,17). The lowest BCUT2D eigenvalue weighted by Gasteiger charge is -2.40. The molecule has 1 aromatic heterocycles. The Balaban J connectivity index is 2.07. The van der Waals surface area contributed by atoms with Crippen LogP contribution >= 0.6 is 11.3 Å². The van der Waals surface area contributed by atoms with Gasteiger partial charge in [-0.1, -0.05) is 32.1 Å². The van der Waals surface area contributed by atoms with Gasteiger partial charge in [0.1, 0.15) is 0 Å². The SMILES string of the molecule is CCCNc1nnc(C(=O)N2CC(C)CC(C)C2C)s1. The zero-order valence-corrected chi connectivity index (χ0v) is 13.5. The van der Waals surface area contributed by atoms with Crippen LogP contribution < -0.4 is 5.32 Å². The Hall–Kier alpha value is -1.17. The number of anilines is 1. The maximum atomic E-state index is 12.6. The van der Waals surface area contributed by atoms with Gasteiger partial charge in [0.15, 0.2) is 0 Å². The minimum Gasteiger partial charge on any atom is -0.360 e. The summed E-state index contributed by atoms with van der Waals surface area (Å²) in [5, 5.41) is 12.5. The van der Waals surface area contributed by atoms with Gasteiger partial charge in [-0.25, -0.2) is 0 Å². The molecular weight excluding hydrogens is 272 g/mol. The predicted octanol–water partition coefficient (Wildman–Crippen LogP) is 2.87. The molecule has 0 aliphatic carbocycles. The third-order valence-electron chi connectivity index (χ3n) is 3.99. The van der Waals surface area contributed by atoms with Crippen LogP contribution in [0.15, 0.2) is 0 Å². The van der Waals surface area contributed by atoms with Gasteiger partial charge in [0.2, 0.25) is 10.1 Å². The molecule has 1 amide bonds. The Kier molecular flexibility index (Phi) is 4.96. The Morgan fingerprint density at radius 1 is 1.40 bits per heavy atom. The summed E-state index contributed by atoms with van der Waals surface area (Å²) >= 11 is 1.35. The molecule has 1 fully saturated rings. The Labute approximate surface area is 124 Å². The van der Waals surface area contributed by atoms with Crippen molar-refractivity contribution < 1.29 is 4.79 Å². The van der Waals surface area contributed by atoms with E-state index in [4.69, 9.17) is 0 Å². The van der Waals surface area contributed by atoms with Gasteiger partial charge in [0.05, 0.1) is 0 Å². The molecule has 3 atom stereocenters. The minimum absolute atomic E-state index is 0.0259. The van der Waals surface area contributed by atoms with Crippen LogP contribution in [0.4, 0.5) is 5.13 Å². The molecule has 20 heavy (non-hydrogen) atoms. The number of carbonyl (C=O) groups is 1. The molecule has 0 radical (unpaired) electrons. The third kappa shape index (κ3) is 3.29. The summed E-state index contributed by atoms with van der Waals surface area (Å²) in [4.78, 5) is 14.6. The highest BCUT2D eigenvalue weighted by Gasteiger charge is 2.33. The van der Waals surface area contributed by atoms with E-state index in [0.29, 0.717) is 16.8 Å². The fourth-order valence-electron chi connectivity index (χ4n) is 2.72. The summed E-state index contributed by atoms with van der Waals surface area (Å²) < 4.78 is 0. The van der Waals surface area contributed by atoms with Gasteiger partial charge in [-0.05, 0) is 31.6 Å². The maximum absolute atomic E-state index is 12.6. The van der Waals surface area contributed by atoms with E-state index in [1.54, 1.807) is 0 Å². The zero-order chi connectivity index (χ0) is 14.7. The van der Waals surface area contributed by atoms with Crippen molar-refractivity contribution in [3.63, 3.8) is 0 Å². The highest BCUT2D eigenvalue weighted by atomic mass is 32.1. The summed E-state index contributed by atoms with van der Waals surface area (Å²) in [7, 11) is 0. The molecule has 0 aromatic carbocycles. The zero-order valence-electron chi connectivity index (χ0n) is 12.7. The van der Waals surface area contributed by atoms with Crippen molar-refractivity contribution in [2.45, 2.75) is 46.6 Å². The van der Waals surface area contributed by atoms with E-state index >= 15 is 0 Å². The van der Waals surface area contributed by atoms with Crippen LogP contribution in [-0.4, -0.2) is 40.1 Å². The summed E-state index contributed by atoms with van der Waals surface area (Å²) in [6.45, 7) is 10.3. The van der Waals surface area contributed by atoms with Crippen molar-refractivity contribution in [3.8, 4) is 0 Å². The Bertz CT molecular complexity index is 462. The topological polar surface area (TPSA) is 58.1 Å². The molecule has 1 saturated heterocycles. The van der Waals surface area contributed by atoms with E-state index in [2.05, 4.69) is 43.2 Å². The third-order valence-corrected chi connectivity index (χ3v) is 4.86. The van der Waals surface area contributed by atoms with Gasteiger partial charge in [-0.3, -0.25) is 4.79 Å². The average Bonchev–Trinajstić information content (AvgIpc) is 2.88. The van der Waals surface area contributed by atoms with Gasteiger partial charge in [-0.2, -0.15) is 0 Å². The number of aromatic nitrogens is 2. The van der Waals surface area contributed by atoms with Gasteiger partial charge >= 0.3 is 0 Å². The molecule has 2 heterocycles. The fourth-order valence-corrected chi connectivity index (χ4v) is 3.44. The molecule has 2 rings (SSSR count). The van der Waals surface area contributed by atoms with Crippen molar-refractivity contribution in [2.75, 3.05) is 18.4 Å². The van der Waals surface area contributed by atoms with E-state index < -0.39 is 0 Å². The first-order chi connectivity index (χ1) is 9.52. The Morgan fingerprint density at radius 3 is 2.85 bits per heavy atom. The summed E-state index contributed by atoms with van der Waals surface area (Å²) in [6, 6.07) is 0.273. The number of piperidine rings is 1. The molecular formula is C14H24N4OS. The molecule has 0 spiro atoms. The normalized spacial score (nSPS) is 26.6. The lowest BCUT2D eigenvalue weighted by Crippen LogP contribution is -2.48. The molecule has 1 aliphatic heterocycles. The molecule has 6 heteroatoms. The van der Waals surface area contributed by atoms with Gasteiger partial charge < -0.3 is 10.2 Å². The molecule has 1 aromatic rings. The van der Waals surface area contributed by atoms with Crippen LogP contribution in [0.2, 0.25) is 0 Å². The number of carbonyl (C=O) groups excluding carboxylic acids is 1. The minimum atomic E-state index is 0.0259. The van der Waals surface area contributed by atoms with Crippen LogP contribution in [-0.2, 0) is 0 Å². The van der Waals surface area contributed by atoms with Crippen molar-refractivity contribution in [1.82, 2.24) is 15.1 Å². The lowest BCUT2D eigenvalue weighted by molar-refractivity contribution is 0.0454. The molecule has 0 bridgehead atoms. The van der Waals surface area contributed by atoms with Gasteiger partial charge in [-0.15, -0.1) is 10.2 Å². The number of amides is 1. The highest BCUT2D eigenvalue weighted by molar-refractivity contribution is 7.17. The van der Waals surface area contributed by atoms with E-state index in [1.165, 1.54) is 17.8 Å². The van der Waals surface area contributed by atoms with Crippen molar-refractivity contribution in [3.05, 3.63) is 5.01 Å². The van der Waals surface area contributed by atoms with Crippen molar-refractivity contribution >= 4 is 22.4 Å². The van der Waals surface area contributed by atoms with Crippen LogP contribution in [0.1, 0.15) is 50.3 Å². The van der Waals surface area contributed by atoms with E-state index in [-0.39, 0.29) is 11.9 Å². The predicted molar refractivity (Wildman–Crippen MR) is 82.1 cm³/mol. The van der Waals surface area contributed by atoms with E-state index in [9.17, 15) is 4.79 Å². The molecule has 3 unspecified atom stereocenters. The lowest BCUT2D eigenvalue weighted by atomic mass is 9.86. The number of nitrogens with zero attached hydrogens (tertiary/aromatic N) is 3. The summed E-state index contributed by atoms with van der Waals surface area (Å²) in [5.74, 6) is 1.11. The van der Waals surface area contributed by atoms with Crippen molar-refractivity contribution in [1.29, 1.82) is 0 Å². The number of rotatable bonds is 4. The van der Waals surface area contributed by atoms with Gasteiger partial charge in [0.25, 0.3) is 5.91 Å². The van der Waals surface area contributed by atoms with E-state index in [1.807, 2.05) is 4.90 Å². The maximum Gasteiger partial charge on any atom is 0.285 e. The fraction of sp³-hybridized carbons (Fsp3) is 0.786. The quantitative estimate of drug-likeness (QED) is 0.928. The first kappa shape index (κ1) is 15.2. The number of hydrogen-bond acceptors (Lipinski definition) is 5. The van der Waals surface area contributed by atoms with Crippen molar-refractivity contribution in [2.24, 2.45) is 11.8 Å². The first-order valence-electron chi connectivity index (χ1n) is 7.41. The smallest absolute Gasteiger partial charge is 0.285 e. The van der Waals surface area contributed by atoms with Crippen LogP contribution in [0, 0.1) is 11.8 Å². The number of nitrogens with one attached hydrogen (secondary N) is 1. The monoisotopic (exact) mass is 296 g/mol. The second-order valence-corrected chi connectivity index (χ2v) is 6.83. The molecule has 1 aliphatic rings. The van der Waals surface area contributed by atoms with E-state index in [0.717, 1.165) is 24.6 Å². The second-order valence-electron chi connectivity index (χ2n) is 5.86. The van der Waals surface area contributed by atoms with Crippen LogP contribution in [0.25, 0.3) is 0 Å². The van der Waals surface area contributed by atoms with Gasteiger partial charge in [0, 0.05) is 19.1 Å². The van der Waals surface area contributed by atoms with Crippen LogP contribution in [0.3, 0.4) is 0 Å². The number of hydrogen-bond donors (Lipinski definition) is 1. The number of likely N-dealkylation sites (tertiary alicyclic amines) is 1. The molecule has 0 saturated carbocycles. The summed E-state index contributed by atoms with van der Waals surface area (Å²) in [5.41, 5.74) is 0. The highest BCUT2D eigenvalue weighted by Crippen LogP contribution is 2.29. The Morgan fingerprint density at radius 2 is 2.15 bits per heavy atom. The average molecular weight is 296 g/mol. The first-order valence-corrected chi connectivity index (χ1v) is 8.22. The largest absolute Gasteiger partial charge is 0.360 e. The molecule has 1 N–H and O–H groups in total.